The molecule has 0 aliphatic carbocycles. The first-order valence-corrected chi connectivity index (χ1v) is 10.8. The standard InChI is InChI=1S/C15H23NO4S2/c1-3-13-5-7-15(8-6-13)22(19,20)16-11-9-14(10-12-16)21(17,18)4-2/h5-8,14H,3-4,9-12H2,1-2H3. The van der Waals surface area contributed by atoms with Crippen LogP contribution in [0, 0.1) is 0 Å². The Morgan fingerprint density at radius 2 is 1.55 bits per heavy atom. The summed E-state index contributed by atoms with van der Waals surface area (Å²) in [5, 5.41) is -0.411. The maximum Gasteiger partial charge on any atom is 0.243 e. The Morgan fingerprint density at radius 3 is 2.00 bits per heavy atom. The molecule has 0 bridgehead atoms. The van der Waals surface area contributed by atoms with Crippen LogP contribution in [-0.2, 0) is 26.3 Å². The van der Waals surface area contributed by atoms with Gasteiger partial charge >= 0.3 is 0 Å². The van der Waals surface area contributed by atoms with Gasteiger partial charge in [-0.15, -0.1) is 0 Å². The lowest BCUT2D eigenvalue weighted by molar-refractivity contribution is 0.345. The Balaban J connectivity index is 2.12. The first-order chi connectivity index (χ1) is 10.3. The summed E-state index contributed by atoms with van der Waals surface area (Å²) in [6, 6.07) is 6.90. The lowest BCUT2D eigenvalue weighted by Crippen LogP contribution is -2.42. The molecule has 0 amide bonds. The van der Waals surface area contributed by atoms with Gasteiger partial charge in [-0.3, -0.25) is 0 Å². The number of sulfonamides is 1. The van der Waals surface area contributed by atoms with Crippen molar-refractivity contribution in [2.75, 3.05) is 18.8 Å². The molecule has 1 aliphatic rings. The molecule has 1 aliphatic heterocycles. The molecule has 0 N–H and O–H groups in total. The Hall–Kier alpha value is -0.920. The summed E-state index contributed by atoms with van der Waals surface area (Å²) in [4.78, 5) is 0.279. The number of rotatable bonds is 5. The van der Waals surface area contributed by atoms with Crippen LogP contribution in [0.25, 0.3) is 0 Å². The lowest BCUT2D eigenvalue weighted by Gasteiger charge is -2.30. The Labute approximate surface area is 133 Å². The summed E-state index contributed by atoms with van der Waals surface area (Å²) < 4.78 is 50.3. The summed E-state index contributed by atoms with van der Waals surface area (Å²) in [6.45, 7) is 4.18. The average Bonchev–Trinajstić information content (AvgIpc) is 2.55. The topological polar surface area (TPSA) is 71.5 Å². The van der Waals surface area contributed by atoms with Crippen LogP contribution in [0.15, 0.2) is 29.2 Å². The highest BCUT2D eigenvalue weighted by molar-refractivity contribution is 7.92. The van der Waals surface area contributed by atoms with Crippen molar-refractivity contribution < 1.29 is 16.8 Å². The molecule has 7 heteroatoms. The predicted octanol–water partition coefficient (Wildman–Crippen LogP) is 1.84. The number of nitrogens with zero attached hydrogens (tertiary/aromatic N) is 1. The molecular formula is C15H23NO4S2. The number of piperidine rings is 1. The second-order valence-corrected chi connectivity index (χ2v) is 10.1. The van der Waals surface area contributed by atoms with E-state index in [4.69, 9.17) is 0 Å². The molecule has 124 valence electrons. The van der Waals surface area contributed by atoms with Crippen LogP contribution in [0.3, 0.4) is 0 Å². The zero-order chi connectivity index (χ0) is 16.4. The highest BCUT2D eigenvalue weighted by Gasteiger charge is 2.33. The summed E-state index contributed by atoms with van der Waals surface area (Å²) in [7, 11) is -6.61. The van der Waals surface area contributed by atoms with Crippen LogP contribution in [0.5, 0.6) is 0 Å². The van der Waals surface area contributed by atoms with Gasteiger partial charge in [-0.05, 0) is 37.0 Å². The van der Waals surface area contributed by atoms with Gasteiger partial charge < -0.3 is 0 Å². The smallest absolute Gasteiger partial charge is 0.229 e. The number of benzene rings is 1. The van der Waals surface area contributed by atoms with Gasteiger partial charge in [0.1, 0.15) is 0 Å². The third kappa shape index (κ3) is 3.52. The van der Waals surface area contributed by atoms with Crippen molar-refractivity contribution in [3.05, 3.63) is 29.8 Å². The summed E-state index contributed by atoms with van der Waals surface area (Å²) in [6.07, 6.45) is 1.62. The van der Waals surface area contributed by atoms with Crippen LogP contribution in [-0.4, -0.2) is 45.2 Å². The molecule has 0 unspecified atom stereocenters. The van der Waals surface area contributed by atoms with Crippen molar-refractivity contribution in [2.45, 2.75) is 43.3 Å². The molecule has 5 nitrogen and oxygen atoms in total. The van der Waals surface area contributed by atoms with Gasteiger partial charge in [-0.25, -0.2) is 16.8 Å². The monoisotopic (exact) mass is 345 g/mol. The maximum absolute atomic E-state index is 12.6. The van der Waals surface area contributed by atoms with E-state index < -0.39 is 25.1 Å². The van der Waals surface area contributed by atoms with Gasteiger partial charge in [0.25, 0.3) is 0 Å². The van der Waals surface area contributed by atoms with E-state index >= 15 is 0 Å². The Morgan fingerprint density at radius 1 is 1.00 bits per heavy atom. The molecule has 1 aromatic rings. The fourth-order valence-electron chi connectivity index (χ4n) is 2.71. The highest BCUT2D eigenvalue weighted by Crippen LogP contribution is 2.24. The molecule has 22 heavy (non-hydrogen) atoms. The van der Waals surface area contributed by atoms with Gasteiger partial charge in [0, 0.05) is 18.8 Å². The third-order valence-corrected chi connectivity index (χ3v) is 8.49. The summed E-state index contributed by atoms with van der Waals surface area (Å²) in [5.74, 6) is 0.114. The molecule has 2 rings (SSSR count). The minimum Gasteiger partial charge on any atom is -0.229 e. The minimum atomic E-state index is -3.52. The Kier molecular flexibility index (Phi) is 5.29. The van der Waals surface area contributed by atoms with Crippen LogP contribution >= 0.6 is 0 Å². The third-order valence-electron chi connectivity index (χ3n) is 4.28. The first kappa shape index (κ1) is 17.4. The summed E-state index contributed by atoms with van der Waals surface area (Å²) >= 11 is 0. The van der Waals surface area contributed by atoms with Gasteiger partial charge in [0.15, 0.2) is 9.84 Å². The second-order valence-electron chi connectivity index (χ2n) is 5.55. The molecule has 1 saturated heterocycles. The maximum atomic E-state index is 12.6. The molecule has 0 aromatic heterocycles. The van der Waals surface area contributed by atoms with Crippen LogP contribution in [0.4, 0.5) is 0 Å². The lowest BCUT2D eigenvalue weighted by atomic mass is 10.2. The van der Waals surface area contributed by atoms with Crippen molar-refractivity contribution in [3.63, 3.8) is 0 Å². The molecule has 0 spiro atoms. The average molecular weight is 345 g/mol. The van der Waals surface area contributed by atoms with Gasteiger partial charge in [0.2, 0.25) is 10.0 Å². The largest absolute Gasteiger partial charge is 0.243 e. The van der Waals surface area contributed by atoms with E-state index in [1.54, 1.807) is 19.1 Å². The molecule has 1 heterocycles. The molecule has 1 fully saturated rings. The van der Waals surface area contributed by atoms with Crippen LogP contribution < -0.4 is 0 Å². The van der Waals surface area contributed by atoms with E-state index in [9.17, 15) is 16.8 Å². The van der Waals surface area contributed by atoms with Crippen molar-refractivity contribution in [1.82, 2.24) is 4.31 Å². The Bertz CT molecular complexity index is 700. The zero-order valence-corrected chi connectivity index (χ0v) is 14.7. The van der Waals surface area contributed by atoms with E-state index in [0.29, 0.717) is 12.8 Å². The molecule has 0 atom stereocenters. The fraction of sp³-hybridized carbons (Fsp3) is 0.600. The number of aryl methyl sites for hydroxylation is 1. The van der Waals surface area contributed by atoms with Crippen molar-refractivity contribution in [3.8, 4) is 0 Å². The fourth-order valence-corrected chi connectivity index (χ4v) is 5.58. The normalized spacial score (nSPS) is 18.5. The van der Waals surface area contributed by atoms with Crippen molar-refractivity contribution in [2.24, 2.45) is 0 Å². The molecular weight excluding hydrogens is 322 g/mol. The van der Waals surface area contributed by atoms with E-state index in [0.717, 1.165) is 12.0 Å². The predicted molar refractivity (Wildman–Crippen MR) is 87.1 cm³/mol. The quantitative estimate of drug-likeness (QED) is 0.816. The van der Waals surface area contributed by atoms with Crippen LogP contribution in [0.2, 0.25) is 0 Å². The van der Waals surface area contributed by atoms with Crippen molar-refractivity contribution in [1.29, 1.82) is 0 Å². The SMILES string of the molecule is CCc1ccc(S(=O)(=O)N2CCC(S(=O)(=O)CC)CC2)cc1. The van der Waals surface area contributed by atoms with E-state index in [1.165, 1.54) is 4.31 Å². The number of hydrogen-bond donors (Lipinski definition) is 0. The van der Waals surface area contributed by atoms with Gasteiger partial charge in [-0.2, -0.15) is 4.31 Å². The first-order valence-electron chi connectivity index (χ1n) is 7.62. The van der Waals surface area contributed by atoms with Crippen LogP contribution in [0.1, 0.15) is 32.3 Å². The van der Waals surface area contributed by atoms with E-state index in [1.807, 2.05) is 19.1 Å². The molecule has 0 saturated carbocycles. The van der Waals surface area contributed by atoms with E-state index in [2.05, 4.69) is 0 Å². The zero-order valence-electron chi connectivity index (χ0n) is 13.0. The van der Waals surface area contributed by atoms with E-state index in [-0.39, 0.29) is 23.7 Å². The summed E-state index contributed by atoms with van der Waals surface area (Å²) in [5.41, 5.74) is 1.09. The minimum absolute atomic E-state index is 0.114. The number of hydrogen-bond acceptors (Lipinski definition) is 4. The highest BCUT2D eigenvalue weighted by atomic mass is 32.2. The molecule has 0 radical (unpaired) electrons. The van der Waals surface area contributed by atoms with Crippen molar-refractivity contribution >= 4 is 19.9 Å². The molecule has 1 aromatic carbocycles. The second kappa shape index (κ2) is 6.68. The number of sulfone groups is 1. The van der Waals surface area contributed by atoms with Gasteiger partial charge in [-0.1, -0.05) is 26.0 Å². The van der Waals surface area contributed by atoms with Gasteiger partial charge in [0.05, 0.1) is 10.1 Å².